The molecule has 5 nitrogen and oxygen atoms in total. The van der Waals surface area contributed by atoms with Gasteiger partial charge in [0.1, 0.15) is 18.2 Å². The van der Waals surface area contributed by atoms with Gasteiger partial charge in [0.2, 0.25) is 0 Å². The summed E-state index contributed by atoms with van der Waals surface area (Å²) >= 11 is 3.48. The molecule has 0 fully saturated rings. The van der Waals surface area contributed by atoms with Gasteiger partial charge >= 0.3 is 0 Å². The Morgan fingerprint density at radius 1 is 1.17 bits per heavy atom. The Bertz CT molecular complexity index is 1130. The summed E-state index contributed by atoms with van der Waals surface area (Å²) in [5, 5.41) is 13.9. The molecular formula is C23H19BrN2O3. The molecule has 0 aliphatic carbocycles. The molecular weight excluding hydrogens is 432 g/mol. The van der Waals surface area contributed by atoms with Crippen LogP contribution in [0.1, 0.15) is 11.1 Å². The molecule has 29 heavy (non-hydrogen) atoms. The van der Waals surface area contributed by atoms with Gasteiger partial charge in [0.25, 0.3) is 5.91 Å². The fourth-order valence-corrected chi connectivity index (χ4v) is 3.38. The van der Waals surface area contributed by atoms with Crippen molar-refractivity contribution in [3.8, 4) is 17.6 Å². The minimum atomic E-state index is -0.449. The van der Waals surface area contributed by atoms with Crippen molar-refractivity contribution in [2.45, 2.75) is 6.61 Å². The fraction of sp³-hybridized carbons (Fsp3) is 0.130. The Morgan fingerprint density at radius 3 is 2.66 bits per heavy atom. The molecule has 0 aliphatic heterocycles. The van der Waals surface area contributed by atoms with E-state index in [1.165, 1.54) is 13.1 Å². The molecule has 1 amide bonds. The summed E-state index contributed by atoms with van der Waals surface area (Å²) < 4.78 is 12.2. The summed E-state index contributed by atoms with van der Waals surface area (Å²) in [5.74, 6) is 0.617. The quantitative estimate of drug-likeness (QED) is 0.430. The lowest BCUT2D eigenvalue weighted by Crippen LogP contribution is -2.19. The smallest absolute Gasteiger partial charge is 0.261 e. The number of rotatable bonds is 6. The van der Waals surface area contributed by atoms with Crippen LogP contribution in [0.5, 0.6) is 11.5 Å². The zero-order chi connectivity index (χ0) is 20.8. The molecule has 0 bridgehead atoms. The summed E-state index contributed by atoms with van der Waals surface area (Å²) in [6, 6.07) is 19.6. The Morgan fingerprint density at radius 2 is 1.93 bits per heavy atom. The highest BCUT2D eigenvalue weighted by Gasteiger charge is 2.13. The van der Waals surface area contributed by atoms with Gasteiger partial charge in [-0.2, -0.15) is 5.26 Å². The monoisotopic (exact) mass is 450 g/mol. The van der Waals surface area contributed by atoms with Gasteiger partial charge in [-0.25, -0.2) is 0 Å². The van der Waals surface area contributed by atoms with Crippen molar-refractivity contribution in [1.29, 1.82) is 5.26 Å². The number of ether oxygens (including phenoxy) is 2. The molecule has 3 aromatic carbocycles. The second-order valence-corrected chi connectivity index (χ2v) is 7.05. The third-order valence-electron chi connectivity index (χ3n) is 4.44. The fourth-order valence-electron chi connectivity index (χ4n) is 2.95. The zero-order valence-corrected chi connectivity index (χ0v) is 17.6. The lowest BCUT2D eigenvalue weighted by molar-refractivity contribution is -0.116. The summed E-state index contributed by atoms with van der Waals surface area (Å²) in [4.78, 5) is 11.8. The molecule has 0 saturated carbocycles. The van der Waals surface area contributed by atoms with Gasteiger partial charge in [-0.15, -0.1) is 0 Å². The number of hydrogen-bond acceptors (Lipinski definition) is 4. The number of nitrogens with zero attached hydrogens (tertiary/aromatic N) is 1. The van der Waals surface area contributed by atoms with Crippen molar-refractivity contribution in [3.05, 3.63) is 75.8 Å². The van der Waals surface area contributed by atoms with E-state index in [9.17, 15) is 10.1 Å². The molecule has 0 aromatic heterocycles. The van der Waals surface area contributed by atoms with Gasteiger partial charge in [-0.3, -0.25) is 4.79 Å². The highest BCUT2D eigenvalue weighted by Crippen LogP contribution is 2.35. The molecule has 6 heteroatoms. The van der Waals surface area contributed by atoms with E-state index in [2.05, 4.69) is 39.4 Å². The van der Waals surface area contributed by atoms with E-state index in [0.717, 1.165) is 16.3 Å². The van der Waals surface area contributed by atoms with Crippen molar-refractivity contribution >= 4 is 38.7 Å². The van der Waals surface area contributed by atoms with Crippen LogP contribution < -0.4 is 14.8 Å². The van der Waals surface area contributed by atoms with E-state index in [0.29, 0.717) is 28.1 Å². The Kier molecular flexibility index (Phi) is 6.53. The number of benzene rings is 3. The number of fused-ring (bicyclic) bond motifs is 1. The molecule has 146 valence electrons. The van der Waals surface area contributed by atoms with E-state index >= 15 is 0 Å². The van der Waals surface area contributed by atoms with Crippen LogP contribution in [0.25, 0.3) is 16.8 Å². The van der Waals surface area contributed by atoms with E-state index in [-0.39, 0.29) is 5.57 Å². The van der Waals surface area contributed by atoms with Crippen LogP contribution in [0, 0.1) is 11.3 Å². The van der Waals surface area contributed by atoms with Crippen LogP contribution in [0.15, 0.2) is 64.6 Å². The number of hydrogen-bond donors (Lipinski definition) is 1. The molecule has 0 unspecified atom stereocenters. The van der Waals surface area contributed by atoms with Gasteiger partial charge in [-0.1, -0.05) is 58.4 Å². The highest BCUT2D eigenvalue weighted by atomic mass is 79.9. The van der Waals surface area contributed by atoms with E-state index in [1.54, 1.807) is 19.2 Å². The van der Waals surface area contributed by atoms with E-state index < -0.39 is 5.91 Å². The maximum Gasteiger partial charge on any atom is 0.261 e. The first kappa shape index (κ1) is 20.4. The molecule has 0 spiro atoms. The van der Waals surface area contributed by atoms with Crippen LogP contribution in [0.3, 0.4) is 0 Å². The average molecular weight is 451 g/mol. The first-order valence-electron chi connectivity index (χ1n) is 8.88. The summed E-state index contributed by atoms with van der Waals surface area (Å²) in [5.41, 5.74) is 1.70. The summed E-state index contributed by atoms with van der Waals surface area (Å²) in [7, 11) is 3.03. The maximum absolute atomic E-state index is 11.8. The van der Waals surface area contributed by atoms with Gasteiger partial charge in [0.05, 0.1) is 7.11 Å². The number of amides is 1. The molecule has 0 saturated heterocycles. The number of nitrogens with one attached hydrogen (secondary N) is 1. The molecule has 0 radical (unpaired) electrons. The normalized spacial score (nSPS) is 11.0. The first-order valence-corrected chi connectivity index (χ1v) is 9.67. The molecule has 0 heterocycles. The highest BCUT2D eigenvalue weighted by molar-refractivity contribution is 9.10. The number of nitriles is 1. The van der Waals surface area contributed by atoms with Gasteiger partial charge < -0.3 is 14.8 Å². The van der Waals surface area contributed by atoms with Gasteiger partial charge in [-0.05, 0) is 40.1 Å². The van der Waals surface area contributed by atoms with Crippen molar-refractivity contribution in [2.24, 2.45) is 0 Å². The maximum atomic E-state index is 11.8. The lowest BCUT2D eigenvalue weighted by atomic mass is 10.1. The van der Waals surface area contributed by atoms with E-state index in [4.69, 9.17) is 9.47 Å². The number of likely N-dealkylation sites (N-methyl/N-ethyl adjacent to an activating group) is 1. The SMILES string of the molecule is CNC(=O)/C(C#N)=C\c1cc(OC)c(OCc2cccc3ccccc23)cc1Br. The first-order chi connectivity index (χ1) is 14.1. The Labute approximate surface area is 177 Å². The van der Waals surface area contributed by atoms with Crippen LogP contribution in [0.4, 0.5) is 0 Å². The largest absolute Gasteiger partial charge is 0.493 e. The van der Waals surface area contributed by atoms with Gasteiger partial charge in [0.15, 0.2) is 11.5 Å². The second-order valence-electron chi connectivity index (χ2n) is 6.20. The standard InChI is InChI=1S/C23H19BrN2O3/c1-26-23(27)18(13-25)10-17-11-21(28-2)22(12-20(17)24)29-14-16-8-5-7-15-6-3-4-9-19(15)16/h3-12H,14H2,1-2H3,(H,26,27)/b18-10-. The number of methoxy groups -OCH3 is 1. The molecule has 0 aliphatic rings. The van der Waals surface area contributed by atoms with Crippen molar-refractivity contribution in [1.82, 2.24) is 5.32 Å². The van der Waals surface area contributed by atoms with Crippen molar-refractivity contribution < 1.29 is 14.3 Å². The van der Waals surface area contributed by atoms with Crippen LogP contribution in [0.2, 0.25) is 0 Å². The topological polar surface area (TPSA) is 71.4 Å². The minimum Gasteiger partial charge on any atom is -0.493 e. The predicted molar refractivity (Wildman–Crippen MR) is 117 cm³/mol. The third kappa shape index (κ3) is 4.58. The number of carbonyl (C=O) groups is 1. The van der Waals surface area contributed by atoms with Crippen LogP contribution in [-0.4, -0.2) is 20.1 Å². The minimum absolute atomic E-state index is 0.000299. The summed E-state index contributed by atoms with van der Waals surface area (Å²) in [6.45, 7) is 0.376. The van der Waals surface area contributed by atoms with Crippen molar-refractivity contribution in [2.75, 3.05) is 14.2 Å². The van der Waals surface area contributed by atoms with E-state index in [1.807, 2.05) is 30.3 Å². The third-order valence-corrected chi connectivity index (χ3v) is 5.12. The summed E-state index contributed by atoms with van der Waals surface area (Å²) in [6.07, 6.45) is 1.50. The Hall–Kier alpha value is -3.30. The lowest BCUT2D eigenvalue weighted by Gasteiger charge is -2.14. The van der Waals surface area contributed by atoms with Gasteiger partial charge in [0, 0.05) is 11.5 Å². The molecule has 1 N–H and O–H groups in total. The average Bonchev–Trinajstić information content (AvgIpc) is 2.76. The second kappa shape index (κ2) is 9.26. The number of halogens is 1. The Balaban J connectivity index is 1.91. The number of carbonyl (C=O) groups excluding carboxylic acids is 1. The van der Waals surface area contributed by atoms with Crippen LogP contribution in [-0.2, 0) is 11.4 Å². The molecule has 3 aromatic rings. The molecule has 0 atom stereocenters. The zero-order valence-electron chi connectivity index (χ0n) is 16.0. The molecule has 3 rings (SSSR count). The predicted octanol–water partition coefficient (Wildman–Crippen LogP) is 4.84. The van der Waals surface area contributed by atoms with Crippen LogP contribution >= 0.6 is 15.9 Å². The van der Waals surface area contributed by atoms with Crippen molar-refractivity contribution in [3.63, 3.8) is 0 Å².